The molecule has 4 rings (SSSR count). The van der Waals surface area contributed by atoms with Gasteiger partial charge in [0.2, 0.25) is 5.95 Å². The van der Waals surface area contributed by atoms with Crippen molar-refractivity contribution in [1.82, 2.24) is 24.3 Å². The van der Waals surface area contributed by atoms with Crippen LogP contribution >= 0.6 is 11.6 Å². The van der Waals surface area contributed by atoms with Gasteiger partial charge < -0.3 is 5.32 Å². The Morgan fingerprint density at radius 3 is 2.64 bits per heavy atom. The van der Waals surface area contributed by atoms with Crippen molar-refractivity contribution in [3.05, 3.63) is 82.0 Å². The lowest BCUT2D eigenvalue weighted by Crippen LogP contribution is -2.21. The zero-order valence-corrected chi connectivity index (χ0v) is 16.1. The highest BCUT2D eigenvalue weighted by Gasteiger charge is 2.11. The van der Waals surface area contributed by atoms with E-state index in [1.165, 1.54) is 4.68 Å². The van der Waals surface area contributed by atoms with Crippen LogP contribution in [0, 0.1) is 6.92 Å². The molecule has 140 valence electrons. The molecule has 0 aliphatic heterocycles. The Hall–Kier alpha value is -3.45. The molecular weight excluding hydrogens is 376 g/mol. The highest BCUT2D eigenvalue weighted by atomic mass is 35.5. The smallest absolute Gasteiger partial charge is 0.275 e. The van der Waals surface area contributed by atoms with Crippen LogP contribution in [0.3, 0.4) is 0 Å². The highest BCUT2D eigenvalue weighted by molar-refractivity contribution is 6.30. The summed E-state index contributed by atoms with van der Waals surface area (Å²) in [6.07, 6.45) is 5.11. The van der Waals surface area contributed by atoms with Crippen LogP contribution in [0.25, 0.3) is 17.1 Å². The monoisotopic (exact) mass is 392 g/mol. The van der Waals surface area contributed by atoms with Crippen LogP contribution in [0.5, 0.6) is 0 Å². The number of aromatic nitrogens is 5. The van der Waals surface area contributed by atoms with Crippen LogP contribution in [0.4, 0.5) is 11.6 Å². The van der Waals surface area contributed by atoms with E-state index in [0.717, 1.165) is 11.3 Å². The van der Waals surface area contributed by atoms with E-state index in [4.69, 9.17) is 11.6 Å². The molecule has 0 saturated carbocycles. The van der Waals surface area contributed by atoms with E-state index in [-0.39, 0.29) is 5.56 Å². The SMILES string of the molecule is Cc1cn(C)n(-c2cc(-c3ccnc(Nc4cccc(Cl)c4)n3)ccn2)c1=O. The van der Waals surface area contributed by atoms with Gasteiger partial charge in [-0.2, -0.15) is 4.68 Å². The largest absolute Gasteiger partial charge is 0.324 e. The van der Waals surface area contributed by atoms with E-state index in [1.807, 2.05) is 24.3 Å². The van der Waals surface area contributed by atoms with E-state index >= 15 is 0 Å². The zero-order chi connectivity index (χ0) is 19.7. The van der Waals surface area contributed by atoms with Gasteiger partial charge in [-0.15, -0.1) is 0 Å². The highest BCUT2D eigenvalue weighted by Crippen LogP contribution is 2.22. The number of benzene rings is 1. The maximum atomic E-state index is 12.4. The Kier molecular flexibility index (Phi) is 4.67. The van der Waals surface area contributed by atoms with Gasteiger partial charge in [0.05, 0.1) is 5.69 Å². The van der Waals surface area contributed by atoms with Crippen molar-refractivity contribution in [2.75, 3.05) is 5.32 Å². The van der Waals surface area contributed by atoms with Crippen molar-refractivity contribution >= 4 is 23.2 Å². The average Bonchev–Trinajstić information content (AvgIpc) is 2.94. The molecule has 8 heteroatoms. The molecule has 0 unspecified atom stereocenters. The van der Waals surface area contributed by atoms with Gasteiger partial charge in [-0.3, -0.25) is 9.48 Å². The second kappa shape index (κ2) is 7.28. The molecule has 0 saturated heterocycles. The fourth-order valence-electron chi connectivity index (χ4n) is 2.94. The number of nitrogens with zero attached hydrogens (tertiary/aromatic N) is 5. The number of nitrogens with one attached hydrogen (secondary N) is 1. The summed E-state index contributed by atoms with van der Waals surface area (Å²) in [4.78, 5) is 25.5. The topological polar surface area (TPSA) is 77.6 Å². The summed E-state index contributed by atoms with van der Waals surface area (Å²) in [7, 11) is 1.81. The van der Waals surface area contributed by atoms with Crippen LogP contribution < -0.4 is 10.9 Å². The summed E-state index contributed by atoms with van der Waals surface area (Å²) >= 11 is 6.02. The summed E-state index contributed by atoms with van der Waals surface area (Å²) in [5, 5.41) is 3.77. The maximum absolute atomic E-state index is 12.4. The molecule has 28 heavy (non-hydrogen) atoms. The maximum Gasteiger partial charge on any atom is 0.275 e. The molecule has 0 spiro atoms. The quantitative estimate of drug-likeness (QED) is 0.572. The predicted molar refractivity (Wildman–Crippen MR) is 109 cm³/mol. The van der Waals surface area contributed by atoms with Gasteiger partial charge in [0.15, 0.2) is 5.82 Å². The molecular formula is C20H17ClN6O. The molecule has 0 aliphatic carbocycles. The lowest BCUT2D eigenvalue weighted by molar-refractivity contribution is 0.634. The lowest BCUT2D eigenvalue weighted by Gasteiger charge is -2.09. The molecule has 1 N–H and O–H groups in total. The average molecular weight is 393 g/mol. The fraction of sp³-hybridized carbons (Fsp3) is 0.100. The summed E-state index contributed by atoms with van der Waals surface area (Å²) in [5.74, 6) is 0.978. The summed E-state index contributed by atoms with van der Waals surface area (Å²) in [5.41, 5.74) is 2.89. The van der Waals surface area contributed by atoms with Crippen molar-refractivity contribution in [2.24, 2.45) is 7.05 Å². The molecule has 0 bridgehead atoms. The van der Waals surface area contributed by atoms with Crippen LogP contribution in [-0.4, -0.2) is 24.3 Å². The van der Waals surface area contributed by atoms with E-state index in [2.05, 4.69) is 20.3 Å². The van der Waals surface area contributed by atoms with Gasteiger partial charge in [-0.1, -0.05) is 17.7 Å². The van der Waals surface area contributed by atoms with E-state index < -0.39 is 0 Å². The summed E-state index contributed by atoms with van der Waals surface area (Å²) in [6, 6.07) is 12.8. The van der Waals surface area contributed by atoms with Crippen LogP contribution in [0.1, 0.15) is 5.56 Å². The van der Waals surface area contributed by atoms with Gasteiger partial charge in [0.25, 0.3) is 5.56 Å². The molecule has 4 aromatic rings. The number of halogens is 1. The minimum absolute atomic E-state index is 0.0989. The van der Waals surface area contributed by atoms with Gasteiger partial charge >= 0.3 is 0 Å². The number of pyridine rings is 1. The third-order valence-corrected chi connectivity index (χ3v) is 4.46. The first-order chi connectivity index (χ1) is 13.5. The van der Waals surface area contributed by atoms with E-state index in [9.17, 15) is 4.79 Å². The number of anilines is 2. The van der Waals surface area contributed by atoms with Crippen LogP contribution in [-0.2, 0) is 7.05 Å². The minimum Gasteiger partial charge on any atom is -0.324 e. The second-order valence-electron chi connectivity index (χ2n) is 6.31. The lowest BCUT2D eigenvalue weighted by atomic mass is 10.2. The van der Waals surface area contributed by atoms with Gasteiger partial charge in [-0.25, -0.2) is 15.0 Å². The Balaban J connectivity index is 1.69. The van der Waals surface area contributed by atoms with E-state index in [0.29, 0.717) is 28.0 Å². The van der Waals surface area contributed by atoms with Crippen molar-refractivity contribution in [1.29, 1.82) is 0 Å². The third-order valence-electron chi connectivity index (χ3n) is 4.22. The molecule has 0 radical (unpaired) electrons. The van der Waals surface area contributed by atoms with Crippen molar-refractivity contribution in [2.45, 2.75) is 6.92 Å². The summed E-state index contributed by atoms with van der Waals surface area (Å²) < 4.78 is 3.24. The Labute approximate surface area is 166 Å². The molecule has 3 aromatic heterocycles. The zero-order valence-electron chi connectivity index (χ0n) is 15.3. The van der Waals surface area contributed by atoms with Crippen molar-refractivity contribution in [3.8, 4) is 17.1 Å². The van der Waals surface area contributed by atoms with Crippen molar-refractivity contribution < 1.29 is 0 Å². The number of hydrogen-bond acceptors (Lipinski definition) is 5. The first-order valence-electron chi connectivity index (χ1n) is 8.59. The Morgan fingerprint density at radius 2 is 1.89 bits per heavy atom. The molecule has 0 amide bonds. The number of rotatable bonds is 4. The fourth-order valence-corrected chi connectivity index (χ4v) is 3.13. The molecule has 1 aromatic carbocycles. The third kappa shape index (κ3) is 3.52. The Morgan fingerprint density at radius 1 is 1.07 bits per heavy atom. The van der Waals surface area contributed by atoms with Gasteiger partial charge in [0.1, 0.15) is 0 Å². The molecule has 0 aliphatic rings. The standard InChI is InChI=1S/C20H17ClN6O/c1-13-12-26(2)27(19(13)28)18-10-14(6-8-22-18)17-7-9-23-20(25-17)24-16-5-3-4-15(21)11-16/h3-12H,1-2H3,(H,23,24,25). The minimum atomic E-state index is -0.0989. The molecule has 0 atom stereocenters. The normalized spacial score (nSPS) is 10.8. The second-order valence-corrected chi connectivity index (χ2v) is 6.74. The van der Waals surface area contributed by atoms with E-state index in [1.54, 1.807) is 55.4 Å². The van der Waals surface area contributed by atoms with Crippen LogP contribution in [0.2, 0.25) is 5.02 Å². The van der Waals surface area contributed by atoms with Crippen molar-refractivity contribution in [3.63, 3.8) is 0 Å². The number of hydrogen-bond donors (Lipinski definition) is 1. The predicted octanol–water partition coefficient (Wildman–Crippen LogP) is 3.73. The van der Waals surface area contributed by atoms with Gasteiger partial charge in [0, 0.05) is 47.5 Å². The Bertz CT molecular complexity index is 1210. The molecule has 0 fully saturated rings. The number of aryl methyl sites for hydroxylation is 2. The molecule has 3 heterocycles. The first kappa shape index (κ1) is 17.9. The van der Waals surface area contributed by atoms with Crippen LogP contribution in [0.15, 0.2) is 65.8 Å². The van der Waals surface area contributed by atoms with Gasteiger partial charge in [-0.05, 0) is 43.3 Å². The summed E-state index contributed by atoms with van der Waals surface area (Å²) in [6.45, 7) is 1.78. The molecule has 7 nitrogen and oxygen atoms in total. The first-order valence-corrected chi connectivity index (χ1v) is 8.97.